The quantitative estimate of drug-likeness (QED) is 0.654. The molecule has 24 heavy (non-hydrogen) atoms. The second-order valence-electron chi connectivity index (χ2n) is 5.81. The van der Waals surface area contributed by atoms with Gasteiger partial charge in [0.05, 0.1) is 24.4 Å². The summed E-state index contributed by atoms with van der Waals surface area (Å²) in [5.74, 6) is -0.493. The van der Waals surface area contributed by atoms with E-state index in [1.54, 1.807) is 0 Å². The van der Waals surface area contributed by atoms with Crippen LogP contribution in [0.15, 0.2) is 46.8 Å². The summed E-state index contributed by atoms with van der Waals surface area (Å²) in [6.45, 7) is 4.64. The summed E-state index contributed by atoms with van der Waals surface area (Å²) in [4.78, 5) is 23.1. The number of ether oxygens (including phenoxy) is 2. The lowest BCUT2D eigenvalue weighted by molar-refractivity contribution is -0.136. The number of benzene rings is 1. The Kier molecular flexibility index (Phi) is 4.55. The topological polar surface area (TPSA) is 76.7 Å². The van der Waals surface area contributed by atoms with Crippen molar-refractivity contribution in [2.45, 2.75) is 26.7 Å². The van der Waals surface area contributed by atoms with Crippen LogP contribution in [0, 0.1) is 0 Å². The monoisotopic (exact) mass is 328 g/mol. The van der Waals surface area contributed by atoms with Gasteiger partial charge in [-0.25, -0.2) is 9.59 Å². The van der Waals surface area contributed by atoms with Crippen LogP contribution < -0.4 is 10.6 Å². The molecule has 0 aromatic heterocycles. The molecule has 0 bridgehead atoms. The first kappa shape index (κ1) is 16.1. The molecule has 0 amide bonds. The van der Waals surface area contributed by atoms with E-state index in [2.05, 4.69) is 10.6 Å². The fourth-order valence-corrected chi connectivity index (χ4v) is 2.77. The number of carbonyl (C=O) groups excluding carboxylic acids is 2. The van der Waals surface area contributed by atoms with Crippen LogP contribution >= 0.6 is 0 Å². The van der Waals surface area contributed by atoms with Crippen molar-refractivity contribution in [3.05, 3.63) is 46.8 Å². The van der Waals surface area contributed by atoms with Crippen LogP contribution in [0.5, 0.6) is 0 Å². The van der Waals surface area contributed by atoms with Gasteiger partial charge in [0.25, 0.3) is 0 Å². The van der Waals surface area contributed by atoms with Gasteiger partial charge in [0, 0.05) is 35.6 Å². The molecule has 0 unspecified atom stereocenters. The molecule has 2 heterocycles. The third-order valence-corrected chi connectivity index (χ3v) is 4.12. The van der Waals surface area contributed by atoms with Gasteiger partial charge >= 0.3 is 11.9 Å². The van der Waals surface area contributed by atoms with E-state index in [9.17, 15) is 9.59 Å². The number of allylic oxidation sites excluding steroid dienone is 2. The molecule has 1 aromatic carbocycles. The molecule has 3 rings (SSSR count). The Morgan fingerprint density at radius 3 is 1.46 bits per heavy atom. The third-order valence-electron chi connectivity index (χ3n) is 4.12. The maximum atomic E-state index is 11.6. The highest BCUT2D eigenvalue weighted by atomic mass is 16.5. The van der Waals surface area contributed by atoms with Gasteiger partial charge in [-0.1, -0.05) is 0 Å². The SMILES string of the molecule is C/C(Nc1ccc(N/C(C)=C2/CCOC2=O)cc1)=C1\CCOC1=O. The van der Waals surface area contributed by atoms with Crippen molar-refractivity contribution in [3.8, 4) is 0 Å². The number of carbonyl (C=O) groups is 2. The van der Waals surface area contributed by atoms with Crippen molar-refractivity contribution in [2.24, 2.45) is 0 Å². The van der Waals surface area contributed by atoms with Crippen molar-refractivity contribution in [1.82, 2.24) is 0 Å². The summed E-state index contributed by atoms with van der Waals surface area (Å²) < 4.78 is 9.91. The van der Waals surface area contributed by atoms with Gasteiger partial charge in [0.1, 0.15) is 0 Å². The van der Waals surface area contributed by atoms with Gasteiger partial charge in [-0.3, -0.25) is 0 Å². The van der Waals surface area contributed by atoms with Gasteiger partial charge in [0.2, 0.25) is 0 Å². The zero-order valence-electron chi connectivity index (χ0n) is 13.8. The van der Waals surface area contributed by atoms with E-state index in [-0.39, 0.29) is 11.9 Å². The number of hydrogen-bond acceptors (Lipinski definition) is 6. The lowest BCUT2D eigenvalue weighted by atomic mass is 10.1. The van der Waals surface area contributed by atoms with E-state index in [1.807, 2.05) is 38.1 Å². The molecular weight excluding hydrogens is 308 g/mol. The van der Waals surface area contributed by atoms with E-state index in [4.69, 9.17) is 9.47 Å². The van der Waals surface area contributed by atoms with Crippen molar-refractivity contribution in [1.29, 1.82) is 0 Å². The Labute approximate surface area is 140 Å². The lowest BCUT2D eigenvalue weighted by Crippen LogP contribution is -2.06. The molecule has 0 atom stereocenters. The molecular formula is C18H20N2O4. The Bertz CT molecular complexity index is 669. The predicted molar refractivity (Wildman–Crippen MR) is 90.2 cm³/mol. The Morgan fingerprint density at radius 1 is 0.792 bits per heavy atom. The van der Waals surface area contributed by atoms with Gasteiger partial charge < -0.3 is 20.1 Å². The maximum absolute atomic E-state index is 11.6. The van der Waals surface area contributed by atoms with Crippen molar-refractivity contribution in [3.63, 3.8) is 0 Å². The zero-order valence-corrected chi connectivity index (χ0v) is 13.8. The number of rotatable bonds is 4. The van der Waals surface area contributed by atoms with E-state index < -0.39 is 0 Å². The molecule has 0 saturated carbocycles. The van der Waals surface area contributed by atoms with E-state index in [0.717, 1.165) is 22.8 Å². The lowest BCUT2D eigenvalue weighted by Gasteiger charge is -2.11. The average molecular weight is 328 g/mol. The van der Waals surface area contributed by atoms with Crippen LogP contribution in [0.2, 0.25) is 0 Å². The standard InChI is InChI=1S/C18H20N2O4/c1-11(15-7-9-23-17(15)21)19-13-3-5-14(6-4-13)20-12(2)16-8-10-24-18(16)22/h3-6,19-20H,7-10H2,1-2H3/b15-11-,16-12-. The smallest absolute Gasteiger partial charge is 0.335 e. The molecule has 2 aliphatic rings. The van der Waals surface area contributed by atoms with E-state index in [0.29, 0.717) is 37.2 Å². The maximum Gasteiger partial charge on any atom is 0.335 e. The normalized spacial score (nSPS) is 21.2. The second-order valence-corrected chi connectivity index (χ2v) is 5.81. The summed E-state index contributed by atoms with van der Waals surface area (Å²) in [6, 6.07) is 7.66. The number of esters is 2. The molecule has 1 aromatic rings. The first-order chi connectivity index (χ1) is 11.5. The molecule has 2 saturated heterocycles. The van der Waals surface area contributed by atoms with Gasteiger partial charge in [-0.2, -0.15) is 0 Å². The number of nitrogens with one attached hydrogen (secondary N) is 2. The fourth-order valence-electron chi connectivity index (χ4n) is 2.77. The van der Waals surface area contributed by atoms with Crippen LogP contribution in [-0.4, -0.2) is 25.2 Å². The predicted octanol–water partition coefficient (Wildman–Crippen LogP) is 2.95. The largest absolute Gasteiger partial charge is 0.462 e. The minimum Gasteiger partial charge on any atom is -0.462 e. The third kappa shape index (κ3) is 3.42. The first-order valence-electron chi connectivity index (χ1n) is 7.92. The highest BCUT2D eigenvalue weighted by Gasteiger charge is 2.22. The zero-order chi connectivity index (χ0) is 17.1. The fraction of sp³-hybridized carbons (Fsp3) is 0.333. The molecule has 2 fully saturated rings. The van der Waals surface area contributed by atoms with Crippen molar-refractivity contribution < 1.29 is 19.1 Å². The molecule has 2 N–H and O–H groups in total. The van der Waals surface area contributed by atoms with Gasteiger partial charge in [0.15, 0.2) is 0 Å². The molecule has 2 aliphatic heterocycles. The van der Waals surface area contributed by atoms with Crippen molar-refractivity contribution in [2.75, 3.05) is 23.8 Å². The molecule has 0 radical (unpaired) electrons. The summed E-state index contributed by atoms with van der Waals surface area (Å²) in [7, 11) is 0. The minimum atomic E-state index is -0.246. The van der Waals surface area contributed by atoms with Crippen LogP contribution in [-0.2, 0) is 19.1 Å². The number of anilines is 2. The number of hydrogen-bond donors (Lipinski definition) is 2. The van der Waals surface area contributed by atoms with E-state index >= 15 is 0 Å². The van der Waals surface area contributed by atoms with Crippen LogP contribution in [0.1, 0.15) is 26.7 Å². The number of cyclic esters (lactones) is 2. The van der Waals surface area contributed by atoms with Crippen LogP contribution in [0.25, 0.3) is 0 Å². The molecule has 6 heteroatoms. The summed E-state index contributed by atoms with van der Waals surface area (Å²) in [5.41, 5.74) is 4.78. The summed E-state index contributed by atoms with van der Waals surface area (Å²) in [6.07, 6.45) is 1.28. The molecule has 0 aliphatic carbocycles. The highest BCUT2D eigenvalue weighted by molar-refractivity contribution is 5.92. The van der Waals surface area contributed by atoms with Gasteiger partial charge in [-0.05, 0) is 38.1 Å². The van der Waals surface area contributed by atoms with Crippen LogP contribution in [0.3, 0.4) is 0 Å². The minimum absolute atomic E-state index is 0.246. The van der Waals surface area contributed by atoms with Crippen molar-refractivity contribution >= 4 is 23.3 Å². The Hall–Kier alpha value is -2.76. The average Bonchev–Trinajstić information content (AvgIpc) is 3.17. The highest BCUT2D eigenvalue weighted by Crippen LogP contribution is 2.23. The second kappa shape index (κ2) is 6.78. The van der Waals surface area contributed by atoms with E-state index in [1.165, 1.54) is 0 Å². The summed E-state index contributed by atoms with van der Waals surface area (Å²) >= 11 is 0. The Balaban J connectivity index is 1.68. The van der Waals surface area contributed by atoms with Crippen LogP contribution in [0.4, 0.5) is 11.4 Å². The summed E-state index contributed by atoms with van der Waals surface area (Å²) in [5, 5.41) is 6.44. The molecule has 126 valence electrons. The first-order valence-corrected chi connectivity index (χ1v) is 7.92. The molecule has 6 nitrogen and oxygen atoms in total. The van der Waals surface area contributed by atoms with Gasteiger partial charge in [-0.15, -0.1) is 0 Å². The molecule has 0 spiro atoms. The Morgan fingerprint density at radius 2 is 1.17 bits per heavy atom.